The minimum absolute atomic E-state index is 0.0132. The molecule has 38 heavy (non-hydrogen) atoms. The molecule has 0 spiro atoms. The van der Waals surface area contributed by atoms with Crippen LogP contribution in [0.5, 0.6) is 0 Å². The molecule has 4 rings (SSSR count). The first-order chi connectivity index (χ1) is 18.1. The molecule has 0 bridgehead atoms. The highest BCUT2D eigenvalue weighted by Gasteiger charge is 2.32. The standard InChI is InChI=1S/C22H21B2Cl2N3O9/c1-2-19(30)38-29-22(33)18(28-21(32)11-4-15-13(17(26)6-11)9-37-24(15)35)7-27-20(31)10-3-14-12(16(25)5-10)8-36-23(14)34/h3-6,18,34-35H,2,7-9H2,1H3,(H,27,31)(H,28,32)(H,29,33)/t18-/m0/s1. The Morgan fingerprint density at radius 3 is 2.00 bits per heavy atom. The molecule has 0 saturated carbocycles. The first kappa shape index (κ1) is 27.9. The van der Waals surface area contributed by atoms with E-state index in [4.69, 9.17) is 32.5 Å². The van der Waals surface area contributed by atoms with Crippen LogP contribution < -0.4 is 27.0 Å². The number of carbonyl (C=O) groups excluding carboxylic acids is 4. The van der Waals surface area contributed by atoms with E-state index in [1.165, 1.54) is 31.2 Å². The lowest BCUT2D eigenvalue weighted by Crippen LogP contribution is -2.53. The predicted molar refractivity (Wildman–Crippen MR) is 136 cm³/mol. The number of rotatable bonds is 7. The lowest BCUT2D eigenvalue weighted by atomic mass is 9.78. The van der Waals surface area contributed by atoms with Crippen molar-refractivity contribution in [2.24, 2.45) is 0 Å². The summed E-state index contributed by atoms with van der Waals surface area (Å²) < 4.78 is 10.2. The van der Waals surface area contributed by atoms with E-state index in [2.05, 4.69) is 15.5 Å². The van der Waals surface area contributed by atoms with Crippen LogP contribution in [-0.2, 0) is 36.9 Å². The van der Waals surface area contributed by atoms with Crippen molar-refractivity contribution in [1.29, 1.82) is 0 Å². The molecule has 1 atom stereocenters. The highest BCUT2D eigenvalue weighted by atomic mass is 35.5. The van der Waals surface area contributed by atoms with Crippen molar-refractivity contribution in [1.82, 2.24) is 16.1 Å². The molecule has 0 aliphatic carbocycles. The summed E-state index contributed by atoms with van der Waals surface area (Å²) >= 11 is 12.4. The van der Waals surface area contributed by atoms with Crippen LogP contribution in [0.1, 0.15) is 45.2 Å². The predicted octanol–water partition coefficient (Wildman–Crippen LogP) is -1.06. The van der Waals surface area contributed by atoms with Gasteiger partial charge in [0, 0.05) is 34.1 Å². The molecule has 16 heteroatoms. The zero-order valence-electron chi connectivity index (χ0n) is 19.9. The van der Waals surface area contributed by atoms with E-state index in [9.17, 15) is 29.2 Å². The molecular weight excluding hydrogens is 543 g/mol. The summed E-state index contributed by atoms with van der Waals surface area (Å²) in [6.07, 6.45) is -0.0132. The van der Waals surface area contributed by atoms with Gasteiger partial charge in [-0.2, -0.15) is 5.48 Å². The average Bonchev–Trinajstić information content (AvgIpc) is 3.47. The number of hydrogen-bond acceptors (Lipinski definition) is 9. The van der Waals surface area contributed by atoms with E-state index in [0.29, 0.717) is 22.1 Å². The van der Waals surface area contributed by atoms with Gasteiger partial charge in [-0.05, 0) is 46.3 Å². The zero-order chi connectivity index (χ0) is 27.6. The summed E-state index contributed by atoms with van der Waals surface area (Å²) in [4.78, 5) is 54.7. The van der Waals surface area contributed by atoms with Crippen LogP contribution in [-0.4, -0.2) is 60.6 Å². The lowest BCUT2D eigenvalue weighted by molar-refractivity contribution is -0.158. The fraction of sp³-hybridized carbons (Fsp3) is 0.273. The van der Waals surface area contributed by atoms with Crippen molar-refractivity contribution in [2.75, 3.05) is 6.54 Å². The molecule has 3 amide bonds. The van der Waals surface area contributed by atoms with E-state index < -0.39 is 50.5 Å². The second-order valence-electron chi connectivity index (χ2n) is 8.41. The third-order valence-electron chi connectivity index (χ3n) is 5.93. The minimum atomic E-state index is -1.40. The zero-order valence-corrected chi connectivity index (χ0v) is 21.4. The van der Waals surface area contributed by atoms with Gasteiger partial charge in [0.25, 0.3) is 17.7 Å². The number of carbonyl (C=O) groups is 4. The van der Waals surface area contributed by atoms with Crippen molar-refractivity contribution in [3.05, 3.63) is 56.6 Å². The molecular formula is C22H21B2Cl2N3O9. The van der Waals surface area contributed by atoms with Crippen molar-refractivity contribution in [2.45, 2.75) is 32.6 Å². The fourth-order valence-electron chi connectivity index (χ4n) is 3.83. The minimum Gasteiger partial charge on any atom is -0.423 e. The van der Waals surface area contributed by atoms with Crippen molar-refractivity contribution >= 4 is 72.1 Å². The van der Waals surface area contributed by atoms with Gasteiger partial charge in [0.1, 0.15) is 6.04 Å². The van der Waals surface area contributed by atoms with Gasteiger partial charge in [0.15, 0.2) is 0 Å². The van der Waals surface area contributed by atoms with Crippen LogP contribution in [0.2, 0.25) is 10.0 Å². The Morgan fingerprint density at radius 2 is 1.47 bits per heavy atom. The SMILES string of the molecule is CCC(=O)ONC(=O)[C@H](CNC(=O)c1cc(Cl)c2c(c1)B(O)OC2)NC(=O)c1cc(Cl)c2c(c1)B(O)OC2. The number of hydroxylamine groups is 1. The second kappa shape index (κ2) is 11.7. The Bertz CT molecular complexity index is 1310. The summed E-state index contributed by atoms with van der Waals surface area (Å²) in [6, 6.07) is 4.11. The topological polar surface area (TPSA) is 173 Å². The summed E-state index contributed by atoms with van der Waals surface area (Å²) in [5.74, 6) is -3.06. The largest absolute Gasteiger partial charge is 0.491 e. The fourth-order valence-corrected chi connectivity index (χ4v) is 4.39. The maximum Gasteiger partial charge on any atom is 0.491 e. The molecule has 198 valence electrons. The summed E-state index contributed by atoms with van der Waals surface area (Å²) in [6.45, 7) is 1.27. The van der Waals surface area contributed by atoms with Crippen molar-refractivity contribution in [3.63, 3.8) is 0 Å². The molecule has 2 aliphatic heterocycles. The number of fused-ring (bicyclic) bond motifs is 2. The van der Waals surface area contributed by atoms with E-state index in [1.54, 1.807) is 0 Å². The van der Waals surface area contributed by atoms with Crippen LogP contribution in [0.4, 0.5) is 0 Å². The lowest BCUT2D eigenvalue weighted by Gasteiger charge is -2.19. The first-order valence-electron chi connectivity index (χ1n) is 11.4. The molecule has 2 aliphatic rings. The Hall–Kier alpha value is -3.13. The molecule has 0 aromatic heterocycles. The van der Waals surface area contributed by atoms with E-state index >= 15 is 0 Å². The molecule has 0 radical (unpaired) electrons. The number of amides is 3. The normalized spacial score (nSPS) is 14.4. The second-order valence-corrected chi connectivity index (χ2v) is 9.22. The molecule has 2 heterocycles. The van der Waals surface area contributed by atoms with Gasteiger partial charge in [0.2, 0.25) is 0 Å². The summed E-state index contributed by atoms with van der Waals surface area (Å²) in [5, 5.41) is 25.3. The molecule has 2 aromatic rings. The van der Waals surface area contributed by atoms with Crippen LogP contribution in [0.3, 0.4) is 0 Å². The Balaban J connectivity index is 1.50. The van der Waals surface area contributed by atoms with Gasteiger partial charge in [-0.25, -0.2) is 4.79 Å². The van der Waals surface area contributed by atoms with Crippen molar-refractivity contribution in [3.8, 4) is 0 Å². The van der Waals surface area contributed by atoms with E-state index in [1.807, 2.05) is 5.48 Å². The number of hydrogen-bond donors (Lipinski definition) is 5. The van der Waals surface area contributed by atoms with Gasteiger partial charge in [-0.15, -0.1) is 0 Å². The Morgan fingerprint density at radius 1 is 0.947 bits per heavy atom. The molecule has 0 saturated heterocycles. The van der Waals surface area contributed by atoms with Crippen LogP contribution in [0.25, 0.3) is 0 Å². The molecule has 12 nitrogen and oxygen atoms in total. The third-order valence-corrected chi connectivity index (χ3v) is 6.60. The third kappa shape index (κ3) is 5.96. The van der Waals surface area contributed by atoms with Crippen LogP contribution in [0.15, 0.2) is 24.3 Å². The smallest absolute Gasteiger partial charge is 0.423 e. The van der Waals surface area contributed by atoms with Crippen LogP contribution >= 0.6 is 23.2 Å². The van der Waals surface area contributed by atoms with Gasteiger partial charge in [-0.1, -0.05) is 30.1 Å². The molecule has 2 aromatic carbocycles. The first-order valence-corrected chi connectivity index (χ1v) is 12.2. The average molecular weight is 564 g/mol. The highest BCUT2D eigenvalue weighted by Crippen LogP contribution is 2.23. The number of nitrogens with one attached hydrogen (secondary N) is 3. The van der Waals surface area contributed by atoms with Crippen molar-refractivity contribution < 1.29 is 43.4 Å². The summed E-state index contributed by atoms with van der Waals surface area (Å²) in [7, 11) is -2.49. The van der Waals surface area contributed by atoms with E-state index in [-0.39, 0.29) is 40.8 Å². The Labute approximate surface area is 227 Å². The highest BCUT2D eigenvalue weighted by molar-refractivity contribution is 6.62. The number of halogens is 2. The maximum absolute atomic E-state index is 13.0. The summed E-state index contributed by atoms with van der Waals surface area (Å²) in [5.41, 5.74) is 3.80. The maximum atomic E-state index is 13.0. The monoisotopic (exact) mass is 563 g/mol. The van der Waals surface area contributed by atoms with Crippen LogP contribution in [0, 0.1) is 0 Å². The quantitative estimate of drug-likeness (QED) is 0.208. The van der Waals surface area contributed by atoms with Gasteiger partial charge < -0.3 is 34.8 Å². The molecule has 0 fully saturated rings. The van der Waals surface area contributed by atoms with Gasteiger partial charge in [-0.3, -0.25) is 14.4 Å². The molecule has 5 N–H and O–H groups in total. The Kier molecular flexibility index (Phi) is 8.61. The van der Waals surface area contributed by atoms with Gasteiger partial charge in [0.05, 0.1) is 13.2 Å². The van der Waals surface area contributed by atoms with Gasteiger partial charge >= 0.3 is 20.2 Å². The number of benzene rings is 2. The van der Waals surface area contributed by atoms with E-state index in [0.717, 1.165) is 0 Å². The molecule has 0 unspecified atom stereocenters.